The molecule has 1 aliphatic rings. The summed E-state index contributed by atoms with van der Waals surface area (Å²) in [6, 6.07) is 7.58. The highest BCUT2D eigenvalue weighted by molar-refractivity contribution is 5.90. The van der Waals surface area contributed by atoms with Crippen LogP contribution < -0.4 is 5.32 Å². The molecule has 0 aromatic heterocycles. The number of amides is 2. The first-order valence-electron chi connectivity index (χ1n) is 6.88. The van der Waals surface area contributed by atoms with Crippen molar-refractivity contribution in [3.63, 3.8) is 0 Å². The number of para-hydroxylation sites is 1. The molecular formula is C15H22N2O3. The van der Waals surface area contributed by atoms with Crippen molar-refractivity contribution in [3.05, 3.63) is 29.8 Å². The van der Waals surface area contributed by atoms with E-state index in [1.165, 1.54) is 0 Å². The average molecular weight is 278 g/mol. The summed E-state index contributed by atoms with van der Waals surface area (Å²) in [5.41, 5.74) is 1.77. The first-order valence-corrected chi connectivity index (χ1v) is 6.88. The molecule has 1 fully saturated rings. The normalized spacial score (nSPS) is 22.6. The summed E-state index contributed by atoms with van der Waals surface area (Å²) in [6.07, 6.45) is 0.137. The molecule has 1 aromatic carbocycles. The number of nitrogens with one attached hydrogen (secondary N) is 1. The SMILES string of the molecule is COCc1ccccc1NC(=O)N1CC(C)OC(C)C1. The molecule has 0 aliphatic carbocycles. The molecule has 1 aliphatic heterocycles. The second-order valence-electron chi connectivity index (χ2n) is 5.18. The van der Waals surface area contributed by atoms with Crippen LogP contribution in [0, 0.1) is 0 Å². The van der Waals surface area contributed by atoms with Crippen molar-refractivity contribution in [2.24, 2.45) is 0 Å². The third-order valence-electron chi connectivity index (χ3n) is 3.27. The van der Waals surface area contributed by atoms with E-state index < -0.39 is 0 Å². The number of morpholine rings is 1. The van der Waals surface area contributed by atoms with Crippen LogP contribution in [0.3, 0.4) is 0 Å². The summed E-state index contributed by atoms with van der Waals surface area (Å²) in [4.78, 5) is 14.1. The van der Waals surface area contributed by atoms with Gasteiger partial charge in [0, 0.05) is 31.5 Å². The Morgan fingerprint density at radius 1 is 1.35 bits per heavy atom. The lowest BCUT2D eigenvalue weighted by atomic mass is 10.2. The van der Waals surface area contributed by atoms with Gasteiger partial charge >= 0.3 is 6.03 Å². The lowest BCUT2D eigenvalue weighted by Gasteiger charge is -2.35. The second-order valence-corrected chi connectivity index (χ2v) is 5.18. The van der Waals surface area contributed by atoms with Crippen molar-refractivity contribution >= 4 is 11.7 Å². The van der Waals surface area contributed by atoms with Crippen LogP contribution in [0.2, 0.25) is 0 Å². The van der Waals surface area contributed by atoms with Gasteiger partial charge in [0.05, 0.1) is 18.8 Å². The highest BCUT2D eigenvalue weighted by atomic mass is 16.5. The van der Waals surface area contributed by atoms with Gasteiger partial charge in [-0.3, -0.25) is 0 Å². The molecule has 2 atom stereocenters. The molecule has 1 aromatic rings. The molecule has 5 heteroatoms. The molecule has 1 N–H and O–H groups in total. The van der Waals surface area contributed by atoms with Gasteiger partial charge in [0.15, 0.2) is 0 Å². The van der Waals surface area contributed by atoms with Crippen molar-refractivity contribution in [2.75, 3.05) is 25.5 Å². The average Bonchev–Trinajstić information content (AvgIpc) is 2.40. The van der Waals surface area contributed by atoms with E-state index in [-0.39, 0.29) is 18.2 Å². The summed E-state index contributed by atoms with van der Waals surface area (Å²) < 4.78 is 10.8. The molecule has 0 radical (unpaired) electrons. The van der Waals surface area contributed by atoms with E-state index >= 15 is 0 Å². The lowest BCUT2D eigenvalue weighted by Crippen LogP contribution is -2.49. The molecule has 0 bridgehead atoms. The zero-order valence-electron chi connectivity index (χ0n) is 12.3. The largest absolute Gasteiger partial charge is 0.380 e. The van der Waals surface area contributed by atoms with Gasteiger partial charge in [0.2, 0.25) is 0 Å². The zero-order valence-corrected chi connectivity index (χ0v) is 12.3. The predicted molar refractivity (Wildman–Crippen MR) is 77.8 cm³/mol. The van der Waals surface area contributed by atoms with E-state index in [2.05, 4.69) is 5.32 Å². The molecule has 1 saturated heterocycles. The topological polar surface area (TPSA) is 50.8 Å². The summed E-state index contributed by atoms with van der Waals surface area (Å²) in [5, 5.41) is 2.96. The van der Waals surface area contributed by atoms with Crippen LogP contribution in [0.1, 0.15) is 19.4 Å². The number of rotatable bonds is 3. The van der Waals surface area contributed by atoms with E-state index in [0.717, 1.165) is 11.3 Å². The minimum absolute atomic E-state index is 0.0683. The van der Waals surface area contributed by atoms with Crippen LogP contribution in [0.4, 0.5) is 10.5 Å². The van der Waals surface area contributed by atoms with Gasteiger partial charge in [-0.2, -0.15) is 0 Å². The maximum atomic E-state index is 12.3. The number of carbonyl (C=O) groups excluding carboxylic acids is 1. The number of urea groups is 1. The Bertz CT molecular complexity index is 454. The molecule has 1 heterocycles. The summed E-state index contributed by atoms with van der Waals surface area (Å²) in [7, 11) is 1.64. The molecular weight excluding hydrogens is 256 g/mol. The van der Waals surface area contributed by atoms with Crippen LogP contribution >= 0.6 is 0 Å². The number of anilines is 1. The maximum absolute atomic E-state index is 12.3. The molecule has 5 nitrogen and oxygen atoms in total. The van der Waals surface area contributed by atoms with Crippen LogP contribution in [0.15, 0.2) is 24.3 Å². The van der Waals surface area contributed by atoms with Crippen molar-refractivity contribution < 1.29 is 14.3 Å². The fraction of sp³-hybridized carbons (Fsp3) is 0.533. The Morgan fingerprint density at radius 2 is 2.00 bits per heavy atom. The summed E-state index contributed by atoms with van der Waals surface area (Å²) in [6.45, 7) is 5.67. The first kappa shape index (κ1) is 14.8. The van der Waals surface area contributed by atoms with Crippen LogP contribution in [-0.2, 0) is 16.1 Å². The van der Waals surface area contributed by atoms with Crippen LogP contribution in [0.25, 0.3) is 0 Å². The van der Waals surface area contributed by atoms with Gasteiger partial charge in [0.25, 0.3) is 0 Å². The van der Waals surface area contributed by atoms with Gasteiger partial charge in [-0.1, -0.05) is 18.2 Å². The van der Waals surface area contributed by atoms with Crippen molar-refractivity contribution in [1.29, 1.82) is 0 Å². The van der Waals surface area contributed by atoms with Crippen LogP contribution in [-0.4, -0.2) is 43.3 Å². The Morgan fingerprint density at radius 3 is 2.65 bits per heavy atom. The second kappa shape index (κ2) is 6.72. The van der Waals surface area contributed by atoms with E-state index in [1.54, 1.807) is 12.0 Å². The molecule has 2 amide bonds. The van der Waals surface area contributed by atoms with Crippen molar-refractivity contribution in [2.45, 2.75) is 32.7 Å². The first-order chi connectivity index (χ1) is 9.60. The molecule has 0 spiro atoms. The van der Waals surface area contributed by atoms with Gasteiger partial charge in [-0.05, 0) is 19.9 Å². The lowest BCUT2D eigenvalue weighted by molar-refractivity contribution is -0.0530. The molecule has 2 rings (SSSR count). The fourth-order valence-corrected chi connectivity index (χ4v) is 2.46. The van der Waals surface area contributed by atoms with Gasteiger partial charge < -0.3 is 19.7 Å². The van der Waals surface area contributed by atoms with E-state index in [0.29, 0.717) is 19.7 Å². The van der Waals surface area contributed by atoms with Gasteiger partial charge in [-0.15, -0.1) is 0 Å². The Balaban J connectivity index is 2.04. The smallest absolute Gasteiger partial charge is 0.322 e. The van der Waals surface area contributed by atoms with E-state index in [9.17, 15) is 4.79 Å². The Labute approximate surface area is 119 Å². The molecule has 20 heavy (non-hydrogen) atoms. The number of ether oxygens (including phenoxy) is 2. The molecule has 2 unspecified atom stereocenters. The third kappa shape index (κ3) is 3.71. The summed E-state index contributed by atoms with van der Waals surface area (Å²) >= 11 is 0. The monoisotopic (exact) mass is 278 g/mol. The number of carbonyl (C=O) groups is 1. The standard InChI is InChI=1S/C15H22N2O3/c1-11-8-17(9-12(2)20-11)15(18)16-14-7-5-4-6-13(14)10-19-3/h4-7,11-12H,8-10H2,1-3H3,(H,16,18). The number of hydrogen-bond donors (Lipinski definition) is 1. The fourth-order valence-electron chi connectivity index (χ4n) is 2.46. The van der Waals surface area contributed by atoms with Gasteiger partial charge in [0.1, 0.15) is 0 Å². The zero-order chi connectivity index (χ0) is 14.5. The molecule has 110 valence electrons. The predicted octanol–water partition coefficient (Wildman–Crippen LogP) is 2.47. The summed E-state index contributed by atoms with van der Waals surface area (Å²) in [5.74, 6) is 0. The third-order valence-corrected chi connectivity index (χ3v) is 3.27. The quantitative estimate of drug-likeness (QED) is 0.924. The number of hydrogen-bond acceptors (Lipinski definition) is 3. The highest BCUT2D eigenvalue weighted by Gasteiger charge is 2.26. The molecule has 0 saturated carbocycles. The Hall–Kier alpha value is -1.59. The van der Waals surface area contributed by atoms with Crippen LogP contribution in [0.5, 0.6) is 0 Å². The number of nitrogens with zero attached hydrogens (tertiary/aromatic N) is 1. The Kier molecular flexibility index (Phi) is 4.98. The minimum Gasteiger partial charge on any atom is -0.380 e. The number of methoxy groups -OCH3 is 1. The van der Waals surface area contributed by atoms with E-state index in [1.807, 2.05) is 38.1 Å². The van der Waals surface area contributed by atoms with Crippen molar-refractivity contribution in [1.82, 2.24) is 4.90 Å². The van der Waals surface area contributed by atoms with E-state index in [4.69, 9.17) is 9.47 Å². The highest BCUT2D eigenvalue weighted by Crippen LogP contribution is 2.18. The van der Waals surface area contributed by atoms with Crippen molar-refractivity contribution in [3.8, 4) is 0 Å². The van der Waals surface area contributed by atoms with Gasteiger partial charge in [-0.25, -0.2) is 4.79 Å². The maximum Gasteiger partial charge on any atom is 0.322 e. The minimum atomic E-state index is -0.0875. The number of benzene rings is 1.